The van der Waals surface area contributed by atoms with Crippen LogP contribution < -0.4 is 5.43 Å². The molecule has 0 aromatic heterocycles. The molecule has 1 amide bonds. The van der Waals surface area contributed by atoms with Crippen molar-refractivity contribution in [2.75, 3.05) is 7.11 Å². The van der Waals surface area contributed by atoms with Gasteiger partial charge in [0.25, 0.3) is 5.79 Å². The maximum absolute atomic E-state index is 11.5. The van der Waals surface area contributed by atoms with Crippen LogP contribution in [0, 0.1) is 0 Å². The van der Waals surface area contributed by atoms with Gasteiger partial charge in [-0.05, 0) is 20.8 Å². The maximum Gasteiger partial charge on any atom is 0.301 e. The monoisotopic (exact) mass is 204 g/mol. The molecule has 6 nitrogen and oxygen atoms in total. The quantitative estimate of drug-likeness (QED) is 0.467. The summed E-state index contributed by atoms with van der Waals surface area (Å²) in [6.07, 6.45) is -1.13. The van der Waals surface area contributed by atoms with Crippen LogP contribution in [0.3, 0.4) is 0 Å². The van der Waals surface area contributed by atoms with Gasteiger partial charge < -0.3 is 14.9 Å². The molecule has 1 saturated heterocycles. The van der Waals surface area contributed by atoms with Crippen LogP contribution in [0.5, 0.6) is 0 Å². The Kier molecular flexibility index (Phi) is 2.57. The van der Waals surface area contributed by atoms with Crippen LogP contribution in [0.15, 0.2) is 0 Å². The van der Waals surface area contributed by atoms with E-state index < -0.39 is 23.5 Å². The summed E-state index contributed by atoms with van der Waals surface area (Å²) in [5, 5.41) is 20.0. The molecule has 6 heteroatoms. The summed E-state index contributed by atoms with van der Waals surface area (Å²) in [6.45, 7) is 5.31. The third kappa shape index (κ3) is 1.61. The molecule has 14 heavy (non-hydrogen) atoms. The number of ether oxygens (including phenoxy) is 1. The van der Waals surface area contributed by atoms with E-state index in [2.05, 4.69) is 5.43 Å². The Bertz CT molecular complexity index is 246. The second kappa shape index (κ2) is 3.16. The average molecular weight is 204 g/mol. The Labute approximate surface area is 82.4 Å². The highest BCUT2D eigenvalue weighted by Crippen LogP contribution is 2.25. The number of hydrogen-bond acceptors (Lipinski definition) is 5. The van der Waals surface area contributed by atoms with Crippen molar-refractivity contribution in [1.29, 1.82) is 0 Å². The SMILES string of the molecule is COC1NN(C(C)(C)C)C(=O)C1(O)O. The van der Waals surface area contributed by atoms with E-state index in [9.17, 15) is 15.0 Å². The first-order valence-corrected chi connectivity index (χ1v) is 4.29. The number of hydrogen-bond donors (Lipinski definition) is 3. The van der Waals surface area contributed by atoms with Gasteiger partial charge in [0.1, 0.15) is 0 Å². The molecule has 0 aromatic rings. The fourth-order valence-corrected chi connectivity index (χ4v) is 1.26. The van der Waals surface area contributed by atoms with Gasteiger partial charge in [-0.25, -0.2) is 0 Å². The number of rotatable bonds is 1. The summed E-state index contributed by atoms with van der Waals surface area (Å²) in [6, 6.07) is 0. The van der Waals surface area contributed by atoms with E-state index in [0.29, 0.717) is 0 Å². The molecule has 82 valence electrons. The van der Waals surface area contributed by atoms with Crippen LogP contribution >= 0.6 is 0 Å². The van der Waals surface area contributed by atoms with E-state index >= 15 is 0 Å². The predicted molar refractivity (Wildman–Crippen MR) is 47.7 cm³/mol. The number of nitrogens with one attached hydrogen (secondary N) is 1. The highest BCUT2D eigenvalue weighted by molar-refractivity contribution is 5.86. The van der Waals surface area contributed by atoms with Crippen LogP contribution in [0.1, 0.15) is 20.8 Å². The molecule has 0 aromatic carbocycles. The van der Waals surface area contributed by atoms with Crippen LogP contribution in [-0.2, 0) is 9.53 Å². The Hall–Kier alpha value is -0.690. The molecule has 1 aliphatic heterocycles. The van der Waals surface area contributed by atoms with Gasteiger partial charge in [0, 0.05) is 7.11 Å². The standard InChI is InChI=1S/C8H16N2O4/c1-7(2,3)10-6(11)8(12,13)5(9-10)14-4/h5,9,12-13H,1-4H3. The number of carbonyl (C=O) groups excluding carboxylic acids is 1. The summed E-state index contributed by atoms with van der Waals surface area (Å²) in [4.78, 5) is 11.5. The Balaban J connectivity index is 2.94. The minimum atomic E-state index is -2.50. The van der Waals surface area contributed by atoms with E-state index in [1.54, 1.807) is 20.8 Å². The van der Waals surface area contributed by atoms with Crippen molar-refractivity contribution in [3.05, 3.63) is 0 Å². The average Bonchev–Trinajstić information content (AvgIpc) is 2.23. The molecule has 1 aliphatic rings. The molecule has 1 atom stereocenters. The van der Waals surface area contributed by atoms with Crippen LogP contribution in [0.25, 0.3) is 0 Å². The lowest BCUT2D eigenvalue weighted by Gasteiger charge is -2.31. The van der Waals surface area contributed by atoms with Gasteiger partial charge in [0.05, 0.1) is 5.54 Å². The molecular formula is C8H16N2O4. The second-order valence-electron chi connectivity index (χ2n) is 4.28. The summed E-state index contributed by atoms with van der Waals surface area (Å²) in [7, 11) is 1.29. The molecule has 1 unspecified atom stereocenters. The number of aliphatic hydroxyl groups is 2. The molecule has 1 fully saturated rings. The highest BCUT2D eigenvalue weighted by atomic mass is 16.6. The third-order valence-corrected chi connectivity index (χ3v) is 2.04. The van der Waals surface area contributed by atoms with Crippen molar-refractivity contribution >= 4 is 5.91 Å². The van der Waals surface area contributed by atoms with Gasteiger partial charge in [-0.3, -0.25) is 9.80 Å². The van der Waals surface area contributed by atoms with Crippen molar-refractivity contribution < 1.29 is 19.7 Å². The fraction of sp³-hybridized carbons (Fsp3) is 0.875. The normalized spacial score (nSPS) is 27.1. The predicted octanol–water partition coefficient (Wildman–Crippen LogP) is -1.21. The molecule has 1 rings (SSSR count). The van der Waals surface area contributed by atoms with Crippen molar-refractivity contribution in [3.8, 4) is 0 Å². The van der Waals surface area contributed by atoms with Gasteiger partial charge >= 0.3 is 5.91 Å². The van der Waals surface area contributed by atoms with E-state index in [0.717, 1.165) is 5.01 Å². The summed E-state index contributed by atoms with van der Waals surface area (Å²) < 4.78 is 4.75. The Morgan fingerprint density at radius 1 is 1.50 bits per heavy atom. The van der Waals surface area contributed by atoms with Crippen LogP contribution in [0.2, 0.25) is 0 Å². The lowest BCUT2D eigenvalue weighted by atomic mass is 10.1. The molecule has 0 radical (unpaired) electrons. The van der Waals surface area contributed by atoms with E-state index in [4.69, 9.17) is 4.74 Å². The summed E-state index contributed by atoms with van der Waals surface area (Å²) in [5.74, 6) is -3.31. The first-order chi connectivity index (χ1) is 6.21. The topological polar surface area (TPSA) is 82.0 Å². The molecule has 0 saturated carbocycles. The van der Waals surface area contributed by atoms with Crippen LogP contribution in [0.4, 0.5) is 0 Å². The third-order valence-electron chi connectivity index (χ3n) is 2.04. The first kappa shape index (κ1) is 11.4. The largest absolute Gasteiger partial charge is 0.359 e. The first-order valence-electron chi connectivity index (χ1n) is 4.29. The number of carbonyl (C=O) groups is 1. The summed E-state index contributed by atoms with van der Waals surface area (Å²) >= 11 is 0. The zero-order valence-electron chi connectivity index (χ0n) is 8.74. The molecule has 0 spiro atoms. The minimum Gasteiger partial charge on any atom is -0.359 e. The lowest BCUT2D eigenvalue weighted by Crippen LogP contribution is -2.50. The van der Waals surface area contributed by atoms with Crippen molar-refractivity contribution in [3.63, 3.8) is 0 Å². The summed E-state index contributed by atoms with van der Waals surface area (Å²) in [5.41, 5.74) is 2.04. The van der Waals surface area contributed by atoms with Gasteiger partial charge in [0.15, 0.2) is 6.23 Å². The van der Waals surface area contributed by atoms with Crippen molar-refractivity contribution in [1.82, 2.24) is 10.4 Å². The van der Waals surface area contributed by atoms with Crippen LogP contribution in [-0.4, -0.2) is 45.8 Å². The number of nitrogens with zero attached hydrogens (tertiary/aromatic N) is 1. The van der Waals surface area contributed by atoms with Gasteiger partial charge in [0.2, 0.25) is 0 Å². The number of hydrazine groups is 1. The van der Waals surface area contributed by atoms with Crippen molar-refractivity contribution in [2.24, 2.45) is 0 Å². The zero-order valence-corrected chi connectivity index (χ0v) is 8.74. The highest BCUT2D eigenvalue weighted by Gasteiger charge is 2.55. The van der Waals surface area contributed by atoms with E-state index in [1.807, 2.05) is 0 Å². The second-order valence-corrected chi connectivity index (χ2v) is 4.28. The molecule has 0 bridgehead atoms. The molecule has 0 aliphatic carbocycles. The maximum atomic E-state index is 11.5. The lowest BCUT2D eigenvalue weighted by molar-refractivity contribution is -0.215. The van der Waals surface area contributed by atoms with Gasteiger partial charge in [-0.15, -0.1) is 0 Å². The zero-order chi connectivity index (χ0) is 11.1. The minimum absolute atomic E-state index is 0.541. The smallest absolute Gasteiger partial charge is 0.301 e. The fourth-order valence-electron chi connectivity index (χ4n) is 1.26. The van der Waals surface area contributed by atoms with Gasteiger partial charge in [-0.1, -0.05) is 0 Å². The van der Waals surface area contributed by atoms with E-state index in [-0.39, 0.29) is 0 Å². The van der Waals surface area contributed by atoms with Gasteiger partial charge in [-0.2, -0.15) is 5.43 Å². The molecule has 3 N–H and O–H groups in total. The number of methoxy groups -OCH3 is 1. The van der Waals surface area contributed by atoms with E-state index in [1.165, 1.54) is 7.11 Å². The van der Waals surface area contributed by atoms with Crippen molar-refractivity contribution in [2.45, 2.75) is 38.3 Å². The molecular weight excluding hydrogens is 188 g/mol. The number of amides is 1. The molecule has 1 heterocycles. The Morgan fingerprint density at radius 2 is 2.00 bits per heavy atom. The Morgan fingerprint density at radius 3 is 2.21 bits per heavy atom.